The van der Waals surface area contributed by atoms with Crippen LogP contribution in [-0.2, 0) is 14.4 Å². The lowest BCUT2D eigenvalue weighted by molar-refractivity contribution is -0.134. The van der Waals surface area contributed by atoms with Gasteiger partial charge in [0.1, 0.15) is 0 Å². The van der Waals surface area contributed by atoms with Gasteiger partial charge in [-0.25, -0.2) is 0 Å². The molecule has 25 heavy (non-hydrogen) atoms. The average molecular weight is 368 g/mol. The Labute approximate surface area is 152 Å². The first kappa shape index (κ1) is 18.5. The van der Waals surface area contributed by atoms with Gasteiger partial charge in [-0.1, -0.05) is 0 Å². The Kier molecular flexibility index (Phi) is 5.92. The van der Waals surface area contributed by atoms with Gasteiger partial charge >= 0.3 is 5.97 Å². The summed E-state index contributed by atoms with van der Waals surface area (Å²) in [5.74, 6) is 2.00. The van der Waals surface area contributed by atoms with Crippen molar-refractivity contribution in [2.24, 2.45) is 23.2 Å². The molecule has 7 heteroatoms. The predicted octanol–water partition coefficient (Wildman–Crippen LogP) is 1.64. The second-order valence-corrected chi connectivity index (χ2v) is 9.27. The molecule has 4 aliphatic carbocycles. The lowest BCUT2D eigenvalue weighted by Gasteiger charge is -2.56. The average Bonchev–Trinajstić information content (AvgIpc) is 2.50. The number of carbonyl (C=O) groups excluding carboxylic acids is 2. The van der Waals surface area contributed by atoms with Crippen molar-refractivity contribution < 1.29 is 19.5 Å². The summed E-state index contributed by atoms with van der Waals surface area (Å²) in [7, 11) is 0. The van der Waals surface area contributed by atoms with Crippen LogP contribution in [0.3, 0.4) is 0 Å². The van der Waals surface area contributed by atoms with E-state index in [0.29, 0.717) is 18.7 Å². The summed E-state index contributed by atoms with van der Waals surface area (Å²) in [5, 5.41) is 14.0. The van der Waals surface area contributed by atoms with Crippen molar-refractivity contribution in [2.45, 2.75) is 44.9 Å². The summed E-state index contributed by atoms with van der Waals surface area (Å²) in [6.45, 7) is 0.427. The van der Waals surface area contributed by atoms with E-state index in [0.717, 1.165) is 17.8 Å². The molecule has 0 aromatic rings. The number of rotatable bonds is 9. The summed E-state index contributed by atoms with van der Waals surface area (Å²) in [5.41, 5.74) is 0.197. The molecule has 4 fully saturated rings. The molecular weight excluding hydrogens is 340 g/mol. The normalized spacial score (nSPS) is 32.4. The fraction of sp³-hybridized carbons (Fsp3) is 0.833. The summed E-state index contributed by atoms with van der Waals surface area (Å²) >= 11 is 1.26. The molecule has 0 saturated heterocycles. The van der Waals surface area contributed by atoms with Crippen LogP contribution in [-0.4, -0.2) is 47.5 Å². The highest BCUT2D eigenvalue weighted by Gasteiger charge is 2.51. The van der Waals surface area contributed by atoms with Gasteiger partial charge in [-0.3, -0.25) is 14.4 Å². The molecule has 0 aromatic heterocycles. The molecule has 0 atom stereocenters. The summed E-state index contributed by atoms with van der Waals surface area (Å²) < 4.78 is 0. The standard InChI is InChI=1S/C18H28N2O4S/c21-15(20-10-16(22)19-1-2-25-11-17(23)24)9-18-6-12-3-13(7-18)5-14(4-12)8-18/h12-14H,1-11H2,(H,19,22)(H,20,21)(H,23,24). The van der Waals surface area contributed by atoms with Gasteiger partial charge in [-0.05, 0) is 61.7 Å². The largest absolute Gasteiger partial charge is 0.481 e. The monoisotopic (exact) mass is 368 g/mol. The van der Waals surface area contributed by atoms with E-state index >= 15 is 0 Å². The molecule has 4 bridgehead atoms. The van der Waals surface area contributed by atoms with E-state index in [1.54, 1.807) is 0 Å². The Bertz CT molecular complexity index is 502. The molecule has 2 amide bonds. The quantitative estimate of drug-likeness (QED) is 0.538. The molecule has 0 heterocycles. The van der Waals surface area contributed by atoms with Crippen LogP contribution >= 0.6 is 11.8 Å². The Morgan fingerprint density at radius 3 is 2.12 bits per heavy atom. The fourth-order valence-corrected chi connectivity index (χ4v) is 6.14. The molecule has 0 aromatic carbocycles. The third-order valence-electron chi connectivity index (χ3n) is 5.94. The number of aliphatic carboxylic acids is 1. The molecule has 4 saturated carbocycles. The van der Waals surface area contributed by atoms with Crippen molar-refractivity contribution >= 4 is 29.5 Å². The van der Waals surface area contributed by atoms with E-state index in [2.05, 4.69) is 10.6 Å². The molecule has 0 spiro atoms. The first-order valence-electron chi connectivity index (χ1n) is 9.27. The van der Waals surface area contributed by atoms with Gasteiger partial charge in [0.2, 0.25) is 11.8 Å². The minimum Gasteiger partial charge on any atom is -0.481 e. The highest BCUT2D eigenvalue weighted by molar-refractivity contribution is 7.99. The van der Waals surface area contributed by atoms with Crippen molar-refractivity contribution in [3.8, 4) is 0 Å². The zero-order valence-electron chi connectivity index (χ0n) is 14.6. The molecular formula is C18H28N2O4S. The molecule has 140 valence electrons. The number of carboxylic acid groups (broad SMARTS) is 1. The van der Waals surface area contributed by atoms with Gasteiger partial charge in [-0.15, -0.1) is 11.8 Å². The third kappa shape index (κ3) is 5.12. The molecule has 0 unspecified atom stereocenters. The van der Waals surface area contributed by atoms with E-state index in [-0.39, 0.29) is 29.5 Å². The van der Waals surface area contributed by atoms with E-state index in [9.17, 15) is 14.4 Å². The number of nitrogens with one attached hydrogen (secondary N) is 2. The molecule has 0 radical (unpaired) electrons. The number of carboxylic acids is 1. The summed E-state index contributed by atoms with van der Waals surface area (Å²) in [6, 6.07) is 0. The van der Waals surface area contributed by atoms with E-state index in [4.69, 9.17) is 5.11 Å². The molecule has 4 rings (SSSR count). The maximum atomic E-state index is 12.3. The van der Waals surface area contributed by atoms with Crippen LogP contribution < -0.4 is 10.6 Å². The highest BCUT2D eigenvalue weighted by Crippen LogP contribution is 2.61. The first-order chi connectivity index (χ1) is 11.9. The molecule has 4 aliphatic rings. The van der Waals surface area contributed by atoms with Crippen molar-refractivity contribution in [3.63, 3.8) is 0 Å². The minimum atomic E-state index is -0.853. The third-order valence-corrected chi connectivity index (χ3v) is 6.88. The maximum Gasteiger partial charge on any atom is 0.313 e. The van der Waals surface area contributed by atoms with Crippen LogP contribution in [0.2, 0.25) is 0 Å². The molecule has 3 N–H and O–H groups in total. The maximum absolute atomic E-state index is 12.3. The van der Waals surface area contributed by atoms with Crippen molar-refractivity contribution in [3.05, 3.63) is 0 Å². The van der Waals surface area contributed by atoms with E-state index in [1.807, 2.05) is 0 Å². The fourth-order valence-electron chi connectivity index (χ4n) is 5.57. The van der Waals surface area contributed by atoms with Gasteiger partial charge in [0, 0.05) is 18.7 Å². The van der Waals surface area contributed by atoms with Crippen LogP contribution in [0.15, 0.2) is 0 Å². The van der Waals surface area contributed by atoms with E-state index in [1.165, 1.54) is 50.3 Å². The topological polar surface area (TPSA) is 95.5 Å². The Morgan fingerprint density at radius 2 is 1.56 bits per heavy atom. The second-order valence-electron chi connectivity index (χ2n) is 8.17. The second kappa shape index (κ2) is 7.98. The first-order valence-corrected chi connectivity index (χ1v) is 10.4. The SMILES string of the molecule is O=C(O)CSCCNC(=O)CNC(=O)CC12CC3CC(CC(C3)C1)C2. The van der Waals surface area contributed by atoms with Crippen LogP contribution in [0.25, 0.3) is 0 Å². The van der Waals surface area contributed by atoms with Crippen molar-refractivity contribution in [2.75, 3.05) is 24.6 Å². The lowest BCUT2D eigenvalue weighted by Crippen LogP contribution is -2.48. The molecule has 6 nitrogen and oxygen atoms in total. The molecule has 0 aliphatic heterocycles. The zero-order valence-corrected chi connectivity index (χ0v) is 15.4. The van der Waals surface area contributed by atoms with E-state index < -0.39 is 5.97 Å². The lowest BCUT2D eigenvalue weighted by atomic mass is 9.49. The minimum absolute atomic E-state index is 0.00245. The van der Waals surface area contributed by atoms with Crippen LogP contribution in [0.1, 0.15) is 44.9 Å². The Balaban J connectivity index is 1.33. The van der Waals surface area contributed by atoms with Crippen molar-refractivity contribution in [1.29, 1.82) is 0 Å². The summed E-state index contributed by atoms with van der Waals surface area (Å²) in [4.78, 5) is 34.5. The van der Waals surface area contributed by atoms with Crippen LogP contribution in [0.5, 0.6) is 0 Å². The summed E-state index contributed by atoms with van der Waals surface area (Å²) in [6.07, 6.45) is 8.24. The smallest absolute Gasteiger partial charge is 0.313 e. The van der Waals surface area contributed by atoms with Crippen LogP contribution in [0.4, 0.5) is 0 Å². The highest BCUT2D eigenvalue weighted by atomic mass is 32.2. The van der Waals surface area contributed by atoms with Crippen molar-refractivity contribution in [1.82, 2.24) is 10.6 Å². The zero-order chi connectivity index (χ0) is 17.9. The number of thioether (sulfide) groups is 1. The van der Waals surface area contributed by atoms with Crippen LogP contribution in [0, 0.1) is 23.2 Å². The number of amides is 2. The Hall–Kier alpha value is -1.24. The predicted molar refractivity (Wildman–Crippen MR) is 96.2 cm³/mol. The number of hydrogen-bond acceptors (Lipinski definition) is 4. The van der Waals surface area contributed by atoms with Gasteiger partial charge in [-0.2, -0.15) is 0 Å². The van der Waals surface area contributed by atoms with Gasteiger partial charge in [0.25, 0.3) is 0 Å². The number of hydrogen-bond donors (Lipinski definition) is 3. The number of carbonyl (C=O) groups is 3. The van der Waals surface area contributed by atoms with Gasteiger partial charge in [0.05, 0.1) is 12.3 Å². The Morgan fingerprint density at radius 1 is 0.960 bits per heavy atom. The van der Waals surface area contributed by atoms with Gasteiger partial charge in [0.15, 0.2) is 0 Å². The van der Waals surface area contributed by atoms with Gasteiger partial charge < -0.3 is 15.7 Å².